The summed E-state index contributed by atoms with van der Waals surface area (Å²) in [5, 5.41) is 0. The minimum absolute atomic E-state index is 1.06. The number of hydrogen-bond acceptors (Lipinski definition) is 9. The Balaban J connectivity index is 4.80. The van der Waals surface area contributed by atoms with Crippen LogP contribution in [0.15, 0.2) is 0 Å². The van der Waals surface area contributed by atoms with Crippen LogP contribution in [0.5, 0.6) is 0 Å². The monoisotopic (exact) mass is 288 g/mol. The molecule has 0 saturated carbocycles. The van der Waals surface area contributed by atoms with E-state index in [-0.39, 0.29) is 0 Å². The first kappa shape index (κ1) is 17.9. The van der Waals surface area contributed by atoms with Gasteiger partial charge in [0.1, 0.15) is 0 Å². The van der Waals surface area contributed by atoms with E-state index in [4.69, 9.17) is 38.1 Å². The first-order valence-electron chi connectivity index (χ1n) is 4.93. The number of rotatable bonds is 9. The van der Waals surface area contributed by atoms with Crippen LogP contribution in [0.25, 0.3) is 0 Å². The summed E-state index contributed by atoms with van der Waals surface area (Å²) in [6.07, 6.45) is -2.31. The molecule has 0 bridgehead atoms. The maximum atomic E-state index is 8.79. The Kier molecular flexibility index (Phi) is 7.39. The molecule has 0 rings (SSSR count). The molecule has 3 N–H and O–H groups in total. The molecule has 0 aliphatic heterocycles. The predicted molar refractivity (Wildman–Crippen MR) is 58.6 cm³/mol. The lowest BCUT2D eigenvalue weighted by molar-refractivity contribution is -0.460. The predicted octanol–water partition coefficient (Wildman–Crippen LogP) is -1.66. The third kappa shape index (κ3) is 5.24. The van der Waals surface area contributed by atoms with Crippen molar-refractivity contribution in [2.24, 2.45) is 0 Å². The summed E-state index contributed by atoms with van der Waals surface area (Å²) in [6, 6.07) is 0. The summed E-state index contributed by atoms with van der Waals surface area (Å²) in [5.74, 6) is -1.79. The zero-order valence-corrected chi connectivity index (χ0v) is 11.9. The molecule has 0 aromatic rings. The van der Waals surface area contributed by atoms with Crippen LogP contribution >= 0.6 is 0 Å². The van der Waals surface area contributed by atoms with E-state index < -0.39 is 27.6 Å². The summed E-state index contributed by atoms with van der Waals surface area (Å²) in [6.45, 7) is 1.31. The van der Waals surface area contributed by atoms with Crippen molar-refractivity contribution in [2.45, 2.75) is 25.5 Å². The first-order chi connectivity index (χ1) is 8.24. The summed E-state index contributed by atoms with van der Waals surface area (Å²) < 4.78 is 29.6. The van der Waals surface area contributed by atoms with Gasteiger partial charge < -0.3 is 37.8 Å². The van der Waals surface area contributed by atoms with Crippen LogP contribution < -0.4 is 0 Å². The van der Waals surface area contributed by atoms with E-state index in [1.54, 1.807) is 0 Å². The van der Waals surface area contributed by atoms with E-state index in [0.717, 1.165) is 0 Å². The van der Waals surface area contributed by atoms with Gasteiger partial charge in [0.05, 0.1) is 0 Å². The summed E-state index contributed by atoms with van der Waals surface area (Å²) in [5.41, 5.74) is 0. The molecule has 18 heavy (non-hydrogen) atoms. The highest BCUT2D eigenvalue weighted by molar-refractivity contribution is 6.48. The van der Waals surface area contributed by atoms with E-state index in [1.165, 1.54) is 35.4 Å². The van der Waals surface area contributed by atoms with Gasteiger partial charge in [-0.1, -0.05) is 0 Å². The molecule has 0 radical (unpaired) electrons. The molecule has 0 aromatic carbocycles. The van der Waals surface area contributed by atoms with Gasteiger partial charge in [-0.05, 0) is 6.92 Å². The van der Waals surface area contributed by atoms with Gasteiger partial charge in [-0.2, -0.15) is 0 Å². The Morgan fingerprint density at radius 2 is 1.39 bits per heavy atom. The molecule has 0 amide bonds. The lowest BCUT2D eigenvalue weighted by Crippen LogP contribution is -2.54. The van der Waals surface area contributed by atoms with Crippen LogP contribution in [0.4, 0.5) is 0 Å². The van der Waals surface area contributed by atoms with Crippen molar-refractivity contribution < 1.29 is 42.5 Å². The van der Waals surface area contributed by atoms with E-state index in [9.17, 15) is 0 Å². The normalized spacial score (nSPS) is 15.2. The second-order valence-electron chi connectivity index (χ2n) is 3.19. The highest BCUT2D eigenvalue weighted by atomic mass is 28.4. The van der Waals surface area contributed by atoms with Crippen LogP contribution in [0.3, 0.4) is 0 Å². The molecular formula is C8H20O9Si. The van der Waals surface area contributed by atoms with Crippen molar-refractivity contribution in [3.05, 3.63) is 0 Å². The quantitative estimate of drug-likeness (QED) is 0.338. The summed E-state index contributed by atoms with van der Waals surface area (Å²) in [4.78, 5) is 26.4. The highest BCUT2D eigenvalue weighted by Crippen LogP contribution is 2.24. The van der Waals surface area contributed by atoms with Gasteiger partial charge in [-0.15, -0.1) is 0 Å². The maximum Gasteiger partial charge on any atom is 0.673 e. The molecule has 1 unspecified atom stereocenters. The molecular weight excluding hydrogens is 268 g/mol. The van der Waals surface area contributed by atoms with Crippen LogP contribution in [-0.2, 0) is 28.1 Å². The minimum Gasteiger partial charge on any atom is -0.368 e. The molecule has 1 atom stereocenters. The molecule has 0 aromatic heterocycles. The van der Waals surface area contributed by atoms with Crippen LogP contribution in [-0.4, -0.2) is 70.4 Å². The first-order valence-corrected chi connectivity index (χ1v) is 6.68. The van der Waals surface area contributed by atoms with Gasteiger partial charge >= 0.3 is 15.0 Å². The van der Waals surface area contributed by atoms with Gasteiger partial charge in [0.25, 0.3) is 0 Å². The van der Waals surface area contributed by atoms with Gasteiger partial charge in [-0.3, -0.25) is 4.74 Å². The largest absolute Gasteiger partial charge is 0.673 e. The highest BCUT2D eigenvalue weighted by Gasteiger charge is 2.46. The van der Waals surface area contributed by atoms with E-state index in [0.29, 0.717) is 0 Å². The topological polar surface area (TPSA) is 116 Å². The second-order valence-corrected chi connectivity index (χ2v) is 4.58. The standard InChI is InChI=1S/C8H20O9Si/c1-6(17-18(9,10)11)16-8(14-4,15-5)7(12-2)13-3/h6-7,9-11H,1-5H3. The lowest BCUT2D eigenvalue weighted by Gasteiger charge is -2.37. The van der Waals surface area contributed by atoms with Crippen LogP contribution in [0.2, 0.25) is 0 Å². The van der Waals surface area contributed by atoms with Gasteiger partial charge in [0, 0.05) is 28.4 Å². The Morgan fingerprint density at radius 3 is 1.67 bits per heavy atom. The van der Waals surface area contributed by atoms with Gasteiger partial charge in [0.2, 0.25) is 6.29 Å². The fraction of sp³-hybridized carbons (Fsp3) is 1.00. The molecule has 0 heterocycles. The zero-order valence-electron chi connectivity index (χ0n) is 10.9. The third-order valence-corrected chi connectivity index (χ3v) is 2.59. The molecule has 10 heteroatoms. The number of ether oxygens (including phenoxy) is 5. The second kappa shape index (κ2) is 7.45. The molecule has 0 aliphatic rings. The average molecular weight is 288 g/mol. The van der Waals surface area contributed by atoms with Crippen molar-refractivity contribution in [3.8, 4) is 0 Å². The molecule has 0 spiro atoms. The van der Waals surface area contributed by atoms with Crippen molar-refractivity contribution in [2.75, 3.05) is 28.4 Å². The van der Waals surface area contributed by atoms with Gasteiger partial charge in [0.15, 0.2) is 6.29 Å². The Bertz CT molecular complexity index is 223. The van der Waals surface area contributed by atoms with Crippen molar-refractivity contribution >= 4 is 9.05 Å². The van der Waals surface area contributed by atoms with Crippen LogP contribution in [0, 0.1) is 0 Å². The number of hydrogen-bond donors (Lipinski definition) is 3. The molecule has 9 nitrogen and oxygen atoms in total. The summed E-state index contributed by atoms with van der Waals surface area (Å²) in [7, 11) is 0.480. The molecule has 0 aliphatic carbocycles. The smallest absolute Gasteiger partial charge is 0.368 e. The van der Waals surface area contributed by atoms with E-state index in [1.807, 2.05) is 0 Å². The average Bonchev–Trinajstić information content (AvgIpc) is 2.26. The van der Waals surface area contributed by atoms with Gasteiger partial charge in [-0.25, -0.2) is 0 Å². The summed E-state index contributed by atoms with van der Waals surface area (Å²) >= 11 is 0. The van der Waals surface area contributed by atoms with Crippen molar-refractivity contribution in [1.82, 2.24) is 0 Å². The Labute approximate surface area is 106 Å². The van der Waals surface area contributed by atoms with Crippen molar-refractivity contribution in [1.29, 1.82) is 0 Å². The van der Waals surface area contributed by atoms with E-state index in [2.05, 4.69) is 4.43 Å². The number of methoxy groups -OCH3 is 4. The maximum absolute atomic E-state index is 8.79. The Morgan fingerprint density at radius 1 is 0.944 bits per heavy atom. The lowest BCUT2D eigenvalue weighted by atomic mass is 10.5. The van der Waals surface area contributed by atoms with E-state index >= 15 is 0 Å². The fourth-order valence-corrected chi connectivity index (χ4v) is 1.78. The van der Waals surface area contributed by atoms with Crippen LogP contribution in [0.1, 0.15) is 6.92 Å². The SMILES string of the molecule is COC(OC)C(OC)(OC)OC(C)O[Si](O)(O)O. The fourth-order valence-electron chi connectivity index (χ4n) is 1.29. The molecule has 110 valence electrons. The minimum atomic E-state index is -4.72. The third-order valence-electron chi connectivity index (χ3n) is 1.94. The van der Waals surface area contributed by atoms with Crippen molar-refractivity contribution in [3.63, 3.8) is 0 Å². The molecule has 0 saturated heterocycles. The zero-order chi connectivity index (χ0) is 14.4. The Hall–Kier alpha value is -0.143. The molecule has 0 fully saturated rings.